The number of carbonyl (C=O) groups is 3. The number of hydrogen-bond acceptors (Lipinski definition) is 7. The minimum absolute atomic E-state index is 0.00682. The van der Waals surface area contributed by atoms with Crippen LogP contribution in [0.25, 0.3) is 0 Å². The van der Waals surface area contributed by atoms with Crippen LogP contribution in [0.2, 0.25) is 0 Å². The van der Waals surface area contributed by atoms with E-state index in [4.69, 9.17) is 15.2 Å². The molecule has 0 spiro atoms. The Morgan fingerprint density at radius 2 is 1.62 bits per heavy atom. The van der Waals surface area contributed by atoms with Crippen molar-refractivity contribution in [3.8, 4) is 0 Å². The molecule has 0 amide bonds. The SMILES string of the molecule is COC(=O)C1=C(N)N(c2cccc(F)c2)C2=C(C(=O)C(C(=O)OC)C(c3ccccc3)C2)C1c1ccccc1F. The Hall–Kier alpha value is -4.79. The van der Waals surface area contributed by atoms with Gasteiger partial charge in [-0.3, -0.25) is 14.5 Å². The molecule has 1 heterocycles. The quantitative estimate of drug-likeness (QED) is 0.367. The number of benzene rings is 3. The summed E-state index contributed by atoms with van der Waals surface area (Å²) in [5.41, 5.74) is 7.70. The molecule has 0 aromatic heterocycles. The van der Waals surface area contributed by atoms with Gasteiger partial charge in [-0.05, 0) is 36.2 Å². The van der Waals surface area contributed by atoms with Crippen molar-refractivity contribution in [3.63, 3.8) is 0 Å². The van der Waals surface area contributed by atoms with E-state index < -0.39 is 47.1 Å². The van der Waals surface area contributed by atoms with Gasteiger partial charge >= 0.3 is 11.9 Å². The number of rotatable bonds is 5. The zero-order valence-corrected chi connectivity index (χ0v) is 21.8. The molecule has 2 aliphatic rings. The molecule has 9 heteroatoms. The molecule has 0 saturated heterocycles. The molecule has 3 atom stereocenters. The molecular weight excluding hydrogens is 518 g/mol. The van der Waals surface area contributed by atoms with Gasteiger partial charge in [0.25, 0.3) is 0 Å². The number of anilines is 1. The zero-order chi connectivity index (χ0) is 28.6. The zero-order valence-electron chi connectivity index (χ0n) is 21.8. The second-order valence-corrected chi connectivity index (χ2v) is 9.51. The van der Waals surface area contributed by atoms with Crippen molar-refractivity contribution in [1.29, 1.82) is 0 Å². The van der Waals surface area contributed by atoms with Gasteiger partial charge in [-0.15, -0.1) is 0 Å². The summed E-state index contributed by atoms with van der Waals surface area (Å²) in [6, 6.07) is 20.2. The van der Waals surface area contributed by atoms with Crippen molar-refractivity contribution >= 4 is 23.4 Å². The van der Waals surface area contributed by atoms with E-state index in [1.54, 1.807) is 36.4 Å². The van der Waals surface area contributed by atoms with Crippen molar-refractivity contribution in [3.05, 3.63) is 124 Å². The first-order valence-electron chi connectivity index (χ1n) is 12.6. The molecule has 0 fully saturated rings. The average Bonchev–Trinajstić information content (AvgIpc) is 2.96. The van der Waals surface area contributed by atoms with Gasteiger partial charge in [0.15, 0.2) is 5.78 Å². The minimum Gasteiger partial charge on any atom is -0.468 e. The number of ketones is 1. The normalized spacial score (nSPS) is 20.8. The summed E-state index contributed by atoms with van der Waals surface area (Å²) < 4.78 is 39.9. The van der Waals surface area contributed by atoms with E-state index in [0.717, 1.165) is 7.11 Å². The molecule has 3 aromatic carbocycles. The van der Waals surface area contributed by atoms with Crippen molar-refractivity contribution in [1.82, 2.24) is 0 Å². The Balaban J connectivity index is 1.85. The fourth-order valence-corrected chi connectivity index (χ4v) is 5.68. The lowest BCUT2D eigenvalue weighted by molar-refractivity contribution is -0.150. The first kappa shape index (κ1) is 26.8. The number of halogens is 2. The molecule has 3 unspecified atom stereocenters. The fourth-order valence-electron chi connectivity index (χ4n) is 5.68. The number of hydrogen-bond donors (Lipinski definition) is 1. The maximum absolute atomic E-state index is 15.4. The summed E-state index contributed by atoms with van der Waals surface area (Å²) in [6.07, 6.45) is 0.0848. The largest absolute Gasteiger partial charge is 0.468 e. The molecule has 1 aliphatic heterocycles. The Labute approximate surface area is 229 Å². The smallest absolute Gasteiger partial charge is 0.338 e. The van der Waals surface area contributed by atoms with Gasteiger partial charge in [0.1, 0.15) is 23.4 Å². The predicted molar refractivity (Wildman–Crippen MR) is 143 cm³/mol. The highest BCUT2D eigenvalue weighted by molar-refractivity contribution is 6.14. The highest BCUT2D eigenvalue weighted by atomic mass is 19.1. The lowest BCUT2D eigenvalue weighted by Crippen LogP contribution is -2.46. The van der Waals surface area contributed by atoms with Crippen molar-refractivity contribution < 1.29 is 32.6 Å². The molecule has 0 bridgehead atoms. The van der Waals surface area contributed by atoms with Gasteiger partial charge in [0.05, 0.1) is 31.4 Å². The number of esters is 2. The number of carbonyl (C=O) groups excluding carboxylic acids is 3. The predicted octanol–water partition coefficient (Wildman–Crippen LogP) is 4.71. The summed E-state index contributed by atoms with van der Waals surface area (Å²) in [6.45, 7) is 0. The minimum atomic E-state index is -1.29. The Morgan fingerprint density at radius 1 is 0.925 bits per heavy atom. The summed E-state index contributed by atoms with van der Waals surface area (Å²) in [4.78, 5) is 42.3. The fraction of sp³-hybridized carbons (Fsp3) is 0.194. The van der Waals surface area contributed by atoms with Crippen LogP contribution in [0.15, 0.2) is 102 Å². The number of methoxy groups -OCH3 is 2. The van der Waals surface area contributed by atoms with Crippen LogP contribution in [0.5, 0.6) is 0 Å². The van der Waals surface area contributed by atoms with Crippen LogP contribution in [0.1, 0.15) is 29.4 Å². The van der Waals surface area contributed by atoms with E-state index in [1.807, 2.05) is 6.07 Å². The van der Waals surface area contributed by atoms with E-state index in [9.17, 15) is 18.8 Å². The van der Waals surface area contributed by atoms with Crippen LogP contribution in [0.4, 0.5) is 14.5 Å². The van der Waals surface area contributed by atoms with Crippen molar-refractivity contribution in [2.75, 3.05) is 19.1 Å². The number of nitrogens with zero attached hydrogens (tertiary/aromatic N) is 1. The lowest BCUT2D eigenvalue weighted by atomic mass is 9.67. The van der Waals surface area contributed by atoms with Crippen LogP contribution in [0.3, 0.4) is 0 Å². The van der Waals surface area contributed by atoms with Crippen LogP contribution < -0.4 is 10.6 Å². The molecule has 5 rings (SSSR count). The molecule has 7 nitrogen and oxygen atoms in total. The third-order valence-electron chi connectivity index (χ3n) is 7.41. The number of nitrogens with two attached hydrogens (primary N) is 1. The lowest BCUT2D eigenvalue weighted by Gasteiger charge is -2.44. The molecule has 1 aliphatic carbocycles. The Kier molecular flexibility index (Phi) is 7.21. The Morgan fingerprint density at radius 3 is 2.27 bits per heavy atom. The highest BCUT2D eigenvalue weighted by Gasteiger charge is 2.51. The first-order chi connectivity index (χ1) is 19.3. The van der Waals surface area contributed by atoms with E-state index in [0.29, 0.717) is 11.3 Å². The van der Waals surface area contributed by atoms with Crippen LogP contribution in [0, 0.1) is 17.6 Å². The molecule has 3 aromatic rings. The number of allylic oxidation sites excluding steroid dienone is 2. The molecule has 0 radical (unpaired) electrons. The molecule has 2 N–H and O–H groups in total. The average molecular weight is 545 g/mol. The summed E-state index contributed by atoms with van der Waals surface area (Å²) in [5, 5.41) is 0. The van der Waals surface area contributed by atoms with Gasteiger partial charge in [-0.1, -0.05) is 54.6 Å². The highest BCUT2D eigenvalue weighted by Crippen LogP contribution is 2.51. The van der Waals surface area contributed by atoms with Gasteiger partial charge in [-0.25, -0.2) is 13.6 Å². The van der Waals surface area contributed by atoms with Gasteiger partial charge in [0, 0.05) is 22.8 Å². The maximum Gasteiger partial charge on any atom is 0.338 e. The molecule has 204 valence electrons. The standard InChI is InChI=1S/C31H26F2N2O5/c1-39-30(37)25-21(17-9-4-3-5-10-17)16-23-26(28(25)36)24(20-13-6-7-14-22(20)33)27(31(38)40-2)29(34)35(23)19-12-8-11-18(32)15-19/h3-15,21,24-25H,16,34H2,1-2H3. The summed E-state index contributed by atoms with van der Waals surface area (Å²) in [5.74, 6) is -6.95. The van der Waals surface area contributed by atoms with Crippen LogP contribution >= 0.6 is 0 Å². The first-order valence-corrected chi connectivity index (χ1v) is 12.6. The van der Waals surface area contributed by atoms with E-state index in [2.05, 4.69) is 0 Å². The van der Waals surface area contributed by atoms with Crippen molar-refractivity contribution in [2.24, 2.45) is 11.7 Å². The van der Waals surface area contributed by atoms with Gasteiger partial charge in [-0.2, -0.15) is 0 Å². The molecule has 40 heavy (non-hydrogen) atoms. The number of Topliss-reactive ketones (excluding diaryl/α,β-unsaturated/α-hetero) is 1. The van der Waals surface area contributed by atoms with E-state index in [-0.39, 0.29) is 34.6 Å². The summed E-state index contributed by atoms with van der Waals surface area (Å²) >= 11 is 0. The second kappa shape index (κ2) is 10.8. The number of ether oxygens (including phenoxy) is 2. The summed E-state index contributed by atoms with van der Waals surface area (Å²) in [7, 11) is 2.33. The molecule has 0 saturated carbocycles. The third kappa shape index (κ3) is 4.43. The topological polar surface area (TPSA) is 98.9 Å². The second-order valence-electron chi connectivity index (χ2n) is 9.51. The van der Waals surface area contributed by atoms with Gasteiger partial charge in [0.2, 0.25) is 0 Å². The van der Waals surface area contributed by atoms with E-state index in [1.165, 1.54) is 48.4 Å². The monoisotopic (exact) mass is 544 g/mol. The van der Waals surface area contributed by atoms with Gasteiger partial charge < -0.3 is 15.2 Å². The van der Waals surface area contributed by atoms with Crippen LogP contribution in [-0.2, 0) is 23.9 Å². The maximum atomic E-state index is 15.4. The van der Waals surface area contributed by atoms with E-state index >= 15 is 4.39 Å². The van der Waals surface area contributed by atoms with Crippen LogP contribution in [-0.4, -0.2) is 31.9 Å². The third-order valence-corrected chi connectivity index (χ3v) is 7.41. The molecular formula is C31H26F2N2O5. The van der Waals surface area contributed by atoms with Crippen molar-refractivity contribution in [2.45, 2.75) is 18.3 Å². The Bertz CT molecular complexity index is 1570.